The molecule has 0 aliphatic rings. The molecule has 0 bridgehead atoms. The summed E-state index contributed by atoms with van der Waals surface area (Å²) >= 11 is 0. The van der Waals surface area contributed by atoms with E-state index in [1.54, 1.807) is 24.3 Å². The van der Waals surface area contributed by atoms with Crippen LogP contribution >= 0.6 is 0 Å². The molecule has 0 spiro atoms. The van der Waals surface area contributed by atoms with Gasteiger partial charge in [0.15, 0.2) is 0 Å². The molecule has 0 fully saturated rings. The minimum atomic E-state index is 0.161. The Morgan fingerprint density at radius 2 is 1.06 bits per heavy atom. The van der Waals surface area contributed by atoms with Crippen LogP contribution in [0, 0.1) is 19.3 Å². The van der Waals surface area contributed by atoms with E-state index in [-0.39, 0.29) is 5.92 Å². The van der Waals surface area contributed by atoms with Crippen LogP contribution < -0.4 is 11.5 Å². The Bertz CT molecular complexity index is 1840. The number of nitrogens with two attached hydrogens (primary N) is 2. The van der Waals surface area contributed by atoms with Crippen molar-refractivity contribution in [1.29, 1.82) is 5.41 Å². The fraction of sp³-hybridized carbons (Fsp3) is 0.0816. The second-order valence-electron chi connectivity index (χ2n) is 11.3. The standard InChI is InChI=1S/C28H24.C7H8.C7H10.C6H10N2.CH3N/c1-3-28(26-13-7-11-24(19-26)22-9-5-4-6-10-22)27-14-8-12-25(20-27)23-17-15-21(2)16-18-23;1-7-5-3-2-4-6-7;1-3-5-7-6-4-2;1-6(8)4-2-3-5-7;1-2/h3-20,28H,1H2,2H3;2-6H,1H3;3-7H,1H2,2H3;2-5H,1,7-8H2;2H,1H2/b;;6-4-,7-5-;4-2-,5-3-;. The first-order chi connectivity index (χ1) is 25.3. The molecule has 5 aromatic rings. The van der Waals surface area contributed by atoms with Crippen LogP contribution in [0.15, 0.2) is 220 Å². The first kappa shape index (κ1) is 43.6. The monoisotopic (exact) mass is 685 g/mol. The molecule has 5 aromatic carbocycles. The summed E-state index contributed by atoms with van der Waals surface area (Å²) in [5, 5.41) is 5.50. The van der Waals surface area contributed by atoms with Gasteiger partial charge in [-0.2, -0.15) is 0 Å². The lowest BCUT2D eigenvalue weighted by Gasteiger charge is -2.16. The molecular weight excluding hydrogens is 631 g/mol. The molecule has 5 rings (SSSR count). The van der Waals surface area contributed by atoms with E-state index >= 15 is 0 Å². The van der Waals surface area contributed by atoms with Gasteiger partial charge in [0.25, 0.3) is 0 Å². The molecule has 3 heteroatoms. The highest BCUT2D eigenvalue weighted by Gasteiger charge is 2.12. The molecular formula is C49H55N3. The second-order valence-corrected chi connectivity index (χ2v) is 11.3. The van der Waals surface area contributed by atoms with E-state index in [1.165, 1.54) is 50.7 Å². The van der Waals surface area contributed by atoms with Crippen molar-refractivity contribution in [2.45, 2.75) is 26.7 Å². The average Bonchev–Trinajstić information content (AvgIpc) is 3.18. The number of benzene rings is 5. The molecule has 0 aromatic heterocycles. The Balaban J connectivity index is 0.000000458. The zero-order chi connectivity index (χ0) is 38.4. The van der Waals surface area contributed by atoms with Gasteiger partial charge in [-0.1, -0.05) is 200 Å². The van der Waals surface area contributed by atoms with Gasteiger partial charge in [-0.25, -0.2) is 0 Å². The fourth-order valence-electron chi connectivity index (χ4n) is 4.70. The first-order valence-electron chi connectivity index (χ1n) is 17.0. The summed E-state index contributed by atoms with van der Waals surface area (Å²) in [5.41, 5.74) is 20.8. The minimum Gasteiger partial charge on any atom is -0.405 e. The number of nitrogens with one attached hydrogen (secondary N) is 1. The van der Waals surface area contributed by atoms with Crippen LogP contribution in [-0.4, -0.2) is 6.72 Å². The Kier molecular flexibility index (Phi) is 22.9. The Morgan fingerprint density at radius 1 is 0.577 bits per heavy atom. The summed E-state index contributed by atoms with van der Waals surface area (Å²) in [5.74, 6) is 0.161. The van der Waals surface area contributed by atoms with Gasteiger partial charge in [-0.15, -0.1) is 6.58 Å². The minimum absolute atomic E-state index is 0.161. The zero-order valence-corrected chi connectivity index (χ0v) is 31.0. The van der Waals surface area contributed by atoms with E-state index < -0.39 is 0 Å². The van der Waals surface area contributed by atoms with E-state index in [1.807, 2.05) is 55.5 Å². The molecule has 0 amide bonds. The van der Waals surface area contributed by atoms with Gasteiger partial charge >= 0.3 is 0 Å². The third kappa shape index (κ3) is 17.8. The van der Waals surface area contributed by atoms with Gasteiger partial charge in [0.1, 0.15) is 0 Å². The maximum absolute atomic E-state index is 5.50. The molecule has 52 heavy (non-hydrogen) atoms. The molecule has 0 saturated heterocycles. The van der Waals surface area contributed by atoms with Gasteiger partial charge in [0.05, 0.1) is 0 Å². The van der Waals surface area contributed by atoms with Crippen LogP contribution in [0.2, 0.25) is 0 Å². The number of aryl methyl sites for hydroxylation is 2. The summed E-state index contributed by atoms with van der Waals surface area (Å²) in [4.78, 5) is 0. The predicted molar refractivity (Wildman–Crippen MR) is 231 cm³/mol. The number of hydrogen-bond donors (Lipinski definition) is 3. The number of rotatable bonds is 9. The SMILES string of the molecule is C=C(N)/C=C\C=C/N.C=C/C=C\C=C/C.C=CC(c1cccc(-c2ccccc2)c1)c1cccc(-c2ccc(C)cc2)c1.C=N.Cc1ccccc1. The van der Waals surface area contributed by atoms with Crippen LogP contribution in [0.4, 0.5) is 0 Å². The topological polar surface area (TPSA) is 75.9 Å². The predicted octanol–water partition coefficient (Wildman–Crippen LogP) is 12.7. The lowest BCUT2D eigenvalue weighted by Crippen LogP contribution is -1.98. The molecule has 0 aliphatic carbocycles. The van der Waals surface area contributed by atoms with Crippen LogP contribution in [0.5, 0.6) is 0 Å². The third-order valence-electron chi connectivity index (χ3n) is 7.24. The fourth-order valence-corrected chi connectivity index (χ4v) is 4.70. The van der Waals surface area contributed by atoms with Gasteiger partial charge in [-0.3, -0.25) is 0 Å². The van der Waals surface area contributed by atoms with Gasteiger partial charge in [0.2, 0.25) is 0 Å². The summed E-state index contributed by atoms with van der Waals surface area (Å²) in [6, 6.07) is 47.1. The van der Waals surface area contributed by atoms with E-state index in [0.29, 0.717) is 5.70 Å². The van der Waals surface area contributed by atoms with E-state index in [2.05, 4.69) is 156 Å². The van der Waals surface area contributed by atoms with Crippen molar-refractivity contribution >= 4 is 6.72 Å². The normalized spacial score (nSPS) is 10.8. The Morgan fingerprint density at radius 3 is 1.48 bits per heavy atom. The Hall–Kier alpha value is -6.45. The highest BCUT2D eigenvalue weighted by Crippen LogP contribution is 2.32. The largest absolute Gasteiger partial charge is 0.405 e. The molecule has 266 valence electrons. The molecule has 1 atom stereocenters. The highest BCUT2D eigenvalue weighted by molar-refractivity contribution is 5.67. The molecule has 5 N–H and O–H groups in total. The molecule has 0 heterocycles. The number of allylic oxidation sites excluding steroid dienone is 9. The summed E-state index contributed by atoms with van der Waals surface area (Å²) in [6.45, 7) is 19.8. The van der Waals surface area contributed by atoms with Gasteiger partial charge in [0, 0.05) is 11.6 Å². The molecule has 1 unspecified atom stereocenters. The smallest absolute Gasteiger partial charge is 0.0267 e. The Labute approximate surface area is 313 Å². The van der Waals surface area contributed by atoms with Gasteiger partial charge < -0.3 is 16.9 Å². The lowest BCUT2D eigenvalue weighted by atomic mass is 9.88. The van der Waals surface area contributed by atoms with Gasteiger partial charge in [-0.05, 0) is 79.2 Å². The van der Waals surface area contributed by atoms with Crippen molar-refractivity contribution in [1.82, 2.24) is 0 Å². The average molecular weight is 686 g/mol. The maximum Gasteiger partial charge on any atom is 0.0267 e. The van der Waals surface area contributed by atoms with Crippen molar-refractivity contribution in [2.24, 2.45) is 11.5 Å². The highest BCUT2D eigenvalue weighted by atomic mass is 14.5. The van der Waals surface area contributed by atoms with E-state index in [9.17, 15) is 0 Å². The van der Waals surface area contributed by atoms with Crippen molar-refractivity contribution in [3.8, 4) is 22.3 Å². The zero-order valence-electron chi connectivity index (χ0n) is 31.0. The second kappa shape index (κ2) is 27.4. The van der Waals surface area contributed by atoms with Crippen molar-refractivity contribution in [2.75, 3.05) is 0 Å². The summed E-state index contributed by atoms with van der Waals surface area (Å²) < 4.78 is 0. The van der Waals surface area contributed by atoms with Crippen molar-refractivity contribution in [3.63, 3.8) is 0 Å². The summed E-state index contributed by atoms with van der Waals surface area (Å²) in [6.07, 6.45) is 18.1. The van der Waals surface area contributed by atoms with Crippen molar-refractivity contribution < 1.29 is 0 Å². The van der Waals surface area contributed by atoms with Crippen LogP contribution in [0.1, 0.15) is 35.1 Å². The van der Waals surface area contributed by atoms with Crippen LogP contribution in [0.25, 0.3) is 22.3 Å². The third-order valence-corrected chi connectivity index (χ3v) is 7.24. The van der Waals surface area contributed by atoms with Crippen LogP contribution in [-0.2, 0) is 0 Å². The van der Waals surface area contributed by atoms with E-state index in [4.69, 9.17) is 16.9 Å². The van der Waals surface area contributed by atoms with E-state index in [0.717, 1.165) is 0 Å². The summed E-state index contributed by atoms with van der Waals surface area (Å²) in [7, 11) is 0. The van der Waals surface area contributed by atoms with Crippen LogP contribution in [0.3, 0.4) is 0 Å². The lowest BCUT2D eigenvalue weighted by molar-refractivity contribution is 1.03. The number of hydrogen-bond acceptors (Lipinski definition) is 3. The first-order valence-corrected chi connectivity index (χ1v) is 17.0. The van der Waals surface area contributed by atoms with Crippen molar-refractivity contribution in [3.05, 3.63) is 242 Å². The molecule has 0 aliphatic heterocycles. The quantitative estimate of drug-likeness (QED) is 0.0820. The molecule has 0 saturated carbocycles. The molecule has 0 radical (unpaired) electrons. The maximum atomic E-state index is 5.50. The molecule has 3 nitrogen and oxygen atoms in total.